The highest BCUT2D eigenvalue weighted by Gasteiger charge is 2.43. The third-order valence-corrected chi connectivity index (χ3v) is 5.84. The zero-order valence-corrected chi connectivity index (χ0v) is 16.1. The second kappa shape index (κ2) is 7.67. The molecule has 0 spiro atoms. The van der Waals surface area contributed by atoms with Crippen molar-refractivity contribution in [3.05, 3.63) is 96.1 Å². The first-order chi connectivity index (χ1) is 13.2. The van der Waals surface area contributed by atoms with Crippen LogP contribution in [0.2, 0.25) is 0 Å². The van der Waals surface area contributed by atoms with Crippen molar-refractivity contribution in [2.75, 3.05) is 13.7 Å². The molecule has 1 saturated heterocycles. The predicted molar refractivity (Wildman–Crippen MR) is 111 cm³/mol. The van der Waals surface area contributed by atoms with Crippen molar-refractivity contribution < 1.29 is 4.74 Å². The lowest BCUT2D eigenvalue weighted by molar-refractivity contribution is -0.00654. The van der Waals surface area contributed by atoms with E-state index < -0.39 is 0 Å². The van der Waals surface area contributed by atoms with E-state index in [9.17, 15) is 0 Å². The van der Waals surface area contributed by atoms with Gasteiger partial charge in [0.2, 0.25) is 0 Å². The van der Waals surface area contributed by atoms with E-state index in [0.717, 1.165) is 19.5 Å². The van der Waals surface area contributed by atoms with Gasteiger partial charge in [-0.3, -0.25) is 4.90 Å². The van der Waals surface area contributed by atoms with Crippen molar-refractivity contribution in [2.45, 2.75) is 31.5 Å². The summed E-state index contributed by atoms with van der Waals surface area (Å²) in [5.41, 5.74) is 4.89. The summed E-state index contributed by atoms with van der Waals surface area (Å²) in [4.78, 5) is 2.53. The van der Waals surface area contributed by atoms with E-state index in [0.29, 0.717) is 6.04 Å². The fourth-order valence-electron chi connectivity index (χ4n) is 4.26. The highest BCUT2D eigenvalue weighted by Crippen LogP contribution is 2.40. The number of ether oxygens (including phenoxy) is 1. The second-order valence-corrected chi connectivity index (χ2v) is 7.59. The van der Waals surface area contributed by atoms with Crippen molar-refractivity contribution in [3.8, 4) is 11.1 Å². The molecule has 0 aliphatic carbocycles. The molecule has 2 atom stereocenters. The van der Waals surface area contributed by atoms with Gasteiger partial charge in [-0.25, -0.2) is 0 Å². The van der Waals surface area contributed by atoms with E-state index in [1.165, 1.54) is 22.3 Å². The molecule has 3 aromatic carbocycles. The van der Waals surface area contributed by atoms with Crippen LogP contribution < -0.4 is 0 Å². The Morgan fingerprint density at radius 3 is 2.07 bits per heavy atom. The van der Waals surface area contributed by atoms with E-state index >= 15 is 0 Å². The molecule has 0 bridgehead atoms. The van der Waals surface area contributed by atoms with Gasteiger partial charge in [0.05, 0.1) is 0 Å². The maximum Gasteiger partial charge on any atom is 0.107 e. The SMILES string of the molecule is CO[C@@]1(c2ccc(-c3ccccc3)cc2)C[C@H](C)N(Cc2ccccc2)C1. The molecule has 0 radical (unpaired) electrons. The standard InChI is InChI=1S/C25H27NO/c1-20-17-25(27-2,19-26(20)18-21-9-5-3-6-10-21)24-15-13-23(14-16-24)22-11-7-4-8-12-22/h3-16,20H,17-19H2,1-2H3/t20-,25-/m0/s1. The van der Waals surface area contributed by atoms with Gasteiger partial charge in [-0.2, -0.15) is 0 Å². The molecule has 1 fully saturated rings. The minimum Gasteiger partial charge on any atom is -0.372 e. The van der Waals surface area contributed by atoms with Crippen molar-refractivity contribution in [2.24, 2.45) is 0 Å². The van der Waals surface area contributed by atoms with Gasteiger partial charge in [-0.15, -0.1) is 0 Å². The molecule has 0 saturated carbocycles. The van der Waals surface area contributed by atoms with E-state index in [1.54, 1.807) is 0 Å². The van der Waals surface area contributed by atoms with Gasteiger partial charge in [-0.05, 0) is 35.6 Å². The van der Waals surface area contributed by atoms with Crippen LogP contribution in [0, 0.1) is 0 Å². The first-order valence-electron chi connectivity index (χ1n) is 9.69. The van der Waals surface area contributed by atoms with Crippen LogP contribution in [0.4, 0.5) is 0 Å². The van der Waals surface area contributed by atoms with Crippen LogP contribution >= 0.6 is 0 Å². The van der Waals surface area contributed by atoms with Crippen molar-refractivity contribution in [1.82, 2.24) is 4.90 Å². The van der Waals surface area contributed by atoms with Crippen LogP contribution in [-0.2, 0) is 16.9 Å². The topological polar surface area (TPSA) is 12.5 Å². The van der Waals surface area contributed by atoms with E-state index in [4.69, 9.17) is 4.74 Å². The maximum atomic E-state index is 6.13. The van der Waals surface area contributed by atoms with Gasteiger partial charge in [0, 0.05) is 26.2 Å². The summed E-state index contributed by atoms with van der Waals surface area (Å²) in [7, 11) is 1.85. The Labute approximate surface area is 162 Å². The molecular formula is C25H27NO. The largest absolute Gasteiger partial charge is 0.372 e. The molecule has 1 aliphatic heterocycles. The van der Waals surface area contributed by atoms with Crippen LogP contribution in [-0.4, -0.2) is 24.6 Å². The summed E-state index contributed by atoms with van der Waals surface area (Å²) >= 11 is 0. The molecule has 0 amide bonds. The van der Waals surface area contributed by atoms with Crippen LogP contribution in [0.15, 0.2) is 84.9 Å². The molecule has 0 aromatic heterocycles. The van der Waals surface area contributed by atoms with E-state index in [2.05, 4.69) is 96.8 Å². The highest BCUT2D eigenvalue weighted by molar-refractivity contribution is 5.63. The van der Waals surface area contributed by atoms with E-state index in [-0.39, 0.29) is 5.60 Å². The van der Waals surface area contributed by atoms with Gasteiger partial charge in [0.25, 0.3) is 0 Å². The zero-order chi connectivity index (χ0) is 18.7. The lowest BCUT2D eigenvalue weighted by Crippen LogP contribution is -2.33. The number of nitrogens with zero attached hydrogens (tertiary/aromatic N) is 1. The summed E-state index contributed by atoms with van der Waals surface area (Å²) in [6, 6.07) is 30.6. The summed E-state index contributed by atoms with van der Waals surface area (Å²) < 4.78 is 6.13. The minimum atomic E-state index is -0.233. The Balaban J connectivity index is 1.56. The number of methoxy groups -OCH3 is 1. The second-order valence-electron chi connectivity index (χ2n) is 7.59. The Kier molecular flexibility index (Phi) is 5.11. The summed E-state index contributed by atoms with van der Waals surface area (Å²) in [5.74, 6) is 0. The van der Waals surface area contributed by atoms with Crippen LogP contribution in [0.3, 0.4) is 0 Å². The van der Waals surface area contributed by atoms with E-state index in [1.807, 2.05) is 7.11 Å². The monoisotopic (exact) mass is 357 g/mol. The maximum absolute atomic E-state index is 6.13. The van der Waals surface area contributed by atoms with Crippen molar-refractivity contribution in [1.29, 1.82) is 0 Å². The Hall–Kier alpha value is -2.42. The van der Waals surface area contributed by atoms with Crippen molar-refractivity contribution >= 4 is 0 Å². The first-order valence-corrected chi connectivity index (χ1v) is 9.69. The van der Waals surface area contributed by atoms with Crippen molar-refractivity contribution in [3.63, 3.8) is 0 Å². The molecule has 138 valence electrons. The quantitative estimate of drug-likeness (QED) is 0.599. The van der Waals surface area contributed by atoms with Crippen LogP contribution in [0.25, 0.3) is 11.1 Å². The predicted octanol–water partition coefficient (Wildman–Crippen LogP) is 5.49. The number of hydrogen-bond acceptors (Lipinski definition) is 2. The average molecular weight is 357 g/mol. The normalized spacial score (nSPS) is 22.8. The molecule has 2 nitrogen and oxygen atoms in total. The zero-order valence-electron chi connectivity index (χ0n) is 16.1. The van der Waals surface area contributed by atoms with Crippen LogP contribution in [0.1, 0.15) is 24.5 Å². The summed E-state index contributed by atoms with van der Waals surface area (Å²) in [5, 5.41) is 0. The fourth-order valence-corrected chi connectivity index (χ4v) is 4.26. The number of likely N-dealkylation sites (tertiary alicyclic amines) is 1. The molecule has 1 heterocycles. The molecule has 4 rings (SSSR count). The highest BCUT2D eigenvalue weighted by atomic mass is 16.5. The molecular weight excluding hydrogens is 330 g/mol. The lowest BCUT2D eigenvalue weighted by Gasteiger charge is -2.29. The smallest absolute Gasteiger partial charge is 0.107 e. The molecule has 0 unspecified atom stereocenters. The van der Waals surface area contributed by atoms with Crippen LogP contribution in [0.5, 0.6) is 0 Å². The summed E-state index contributed by atoms with van der Waals surface area (Å²) in [6.07, 6.45) is 1.01. The van der Waals surface area contributed by atoms with Gasteiger partial charge in [-0.1, -0.05) is 84.9 Å². The van der Waals surface area contributed by atoms with Gasteiger partial charge in [0.1, 0.15) is 5.60 Å². The van der Waals surface area contributed by atoms with Gasteiger partial charge >= 0.3 is 0 Å². The molecule has 2 heteroatoms. The number of benzene rings is 3. The molecule has 27 heavy (non-hydrogen) atoms. The Bertz CT molecular complexity index is 860. The Morgan fingerprint density at radius 1 is 0.852 bits per heavy atom. The number of hydrogen-bond donors (Lipinski definition) is 0. The van der Waals surface area contributed by atoms with Gasteiger partial charge < -0.3 is 4.74 Å². The minimum absolute atomic E-state index is 0.233. The molecule has 0 N–H and O–H groups in total. The van der Waals surface area contributed by atoms with Gasteiger partial charge in [0.15, 0.2) is 0 Å². The third kappa shape index (κ3) is 3.69. The number of rotatable bonds is 5. The third-order valence-electron chi connectivity index (χ3n) is 5.84. The average Bonchev–Trinajstić information content (AvgIpc) is 3.06. The first kappa shape index (κ1) is 18.0. The lowest BCUT2D eigenvalue weighted by atomic mass is 9.90. The summed E-state index contributed by atoms with van der Waals surface area (Å²) in [6.45, 7) is 4.20. The Morgan fingerprint density at radius 2 is 1.44 bits per heavy atom. The molecule has 3 aromatic rings. The fraction of sp³-hybridized carbons (Fsp3) is 0.280. The molecule has 1 aliphatic rings.